The number of carbonyl (C=O) groups excluding carboxylic acids is 4. The fourth-order valence-electron chi connectivity index (χ4n) is 3.78. The van der Waals surface area contributed by atoms with Gasteiger partial charge in [-0.25, -0.2) is 4.79 Å². The Morgan fingerprint density at radius 3 is 2.33 bits per heavy atom. The van der Waals surface area contributed by atoms with Crippen LogP contribution in [0.5, 0.6) is 0 Å². The smallest absolute Gasteiger partial charge is 0.339 e. The maximum Gasteiger partial charge on any atom is 0.339 e. The Balaban J connectivity index is 1.45. The number of ether oxygens (including phenoxy) is 1. The molecule has 212 valence electrons. The molecule has 0 radical (unpaired) electrons. The standard InChI is InChI=1S/C32H26BrN3O5S/c1-41-32(40)26-15-5-6-16-27(26)35-29(37)20-42-25-14-8-13-24(19-25)34-31(39)28(18-21-9-7-12-23(33)17-21)36-30(38)22-10-3-2-4-11-22/h2-19H,20H2,1H3,(H,34,39)(H,35,37)(H,36,38)/b28-18+. The third-order valence-corrected chi connectivity index (χ3v) is 7.24. The topological polar surface area (TPSA) is 114 Å². The average Bonchev–Trinajstić information content (AvgIpc) is 3.00. The van der Waals surface area contributed by atoms with Crippen LogP contribution in [0, 0.1) is 0 Å². The summed E-state index contributed by atoms with van der Waals surface area (Å²) in [4.78, 5) is 51.5. The zero-order valence-corrected chi connectivity index (χ0v) is 24.8. The molecule has 0 heterocycles. The molecule has 4 aromatic carbocycles. The van der Waals surface area contributed by atoms with E-state index in [0.29, 0.717) is 22.5 Å². The SMILES string of the molecule is COC(=O)c1ccccc1NC(=O)CSc1cccc(NC(=O)/C(=C\c2cccc(Br)c2)NC(=O)c2ccccc2)c1. The van der Waals surface area contributed by atoms with Crippen molar-refractivity contribution in [2.24, 2.45) is 0 Å². The number of rotatable bonds is 10. The summed E-state index contributed by atoms with van der Waals surface area (Å²) < 4.78 is 5.60. The van der Waals surface area contributed by atoms with Gasteiger partial charge in [-0.05, 0) is 66.2 Å². The molecule has 4 rings (SSSR count). The first-order valence-electron chi connectivity index (χ1n) is 12.7. The van der Waals surface area contributed by atoms with Gasteiger partial charge in [0.15, 0.2) is 0 Å². The lowest BCUT2D eigenvalue weighted by Gasteiger charge is -2.12. The highest BCUT2D eigenvalue weighted by atomic mass is 79.9. The number of amides is 3. The van der Waals surface area contributed by atoms with E-state index in [2.05, 4.69) is 31.9 Å². The Kier molecular flexibility index (Phi) is 10.7. The van der Waals surface area contributed by atoms with Crippen LogP contribution in [0.25, 0.3) is 6.08 Å². The second-order valence-electron chi connectivity index (χ2n) is 8.79. The molecular weight excluding hydrogens is 618 g/mol. The molecule has 0 aliphatic heterocycles. The predicted molar refractivity (Wildman–Crippen MR) is 168 cm³/mol. The molecular formula is C32H26BrN3O5S. The summed E-state index contributed by atoms with van der Waals surface area (Å²) in [5.74, 6) is -1.73. The monoisotopic (exact) mass is 643 g/mol. The molecule has 0 fully saturated rings. The number of carbonyl (C=O) groups is 4. The fourth-order valence-corrected chi connectivity index (χ4v) is 4.95. The highest BCUT2D eigenvalue weighted by molar-refractivity contribution is 9.10. The first-order chi connectivity index (χ1) is 20.3. The fraction of sp³-hybridized carbons (Fsp3) is 0.0625. The van der Waals surface area contributed by atoms with E-state index in [9.17, 15) is 19.2 Å². The van der Waals surface area contributed by atoms with Gasteiger partial charge >= 0.3 is 5.97 Å². The molecule has 3 amide bonds. The van der Waals surface area contributed by atoms with Crippen molar-refractivity contribution in [2.45, 2.75) is 4.90 Å². The minimum absolute atomic E-state index is 0.0589. The molecule has 4 aromatic rings. The Bertz CT molecular complexity index is 1640. The second kappa shape index (κ2) is 14.8. The van der Waals surface area contributed by atoms with Crippen LogP contribution < -0.4 is 16.0 Å². The molecule has 10 heteroatoms. The van der Waals surface area contributed by atoms with Crippen molar-refractivity contribution in [3.05, 3.63) is 130 Å². The van der Waals surface area contributed by atoms with Gasteiger partial charge in [0, 0.05) is 20.6 Å². The van der Waals surface area contributed by atoms with Crippen LogP contribution in [0.15, 0.2) is 118 Å². The van der Waals surface area contributed by atoms with E-state index < -0.39 is 17.8 Å². The van der Waals surface area contributed by atoms with Gasteiger partial charge in [-0.15, -0.1) is 11.8 Å². The van der Waals surface area contributed by atoms with Crippen LogP contribution in [-0.4, -0.2) is 36.6 Å². The maximum absolute atomic E-state index is 13.3. The number of thioether (sulfide) groups is 1. The third kappa shape index (κ3) is 8.66. The van der Waals surface area contributed by atoms with Crippen molar-refractivity contribution >= 4 is 68.8 Å². The molecule has 0 saturated carbocycles. The van der Waals surface area contributed by atoms with Crippen molar-refractivity contribution in [1.29, 1.82) is 0 Å². The number of nitrogens with one attached hydrogen (secondary N) is 3. The normalized spacial score (nSPS) is 10.9. The van der Waals surface area contributed by atoms with E-state index in [1.807, 2.05) is 30.3 Å². The summed E-state index contributed by atoms with van der Waals surface area (Å²) in [6.07, 6.45) is 1.59. The number of hydrogen-bond acceptors (Lipinski definition) is 6. The van der Waals surface area contributed by atoms with E-state index in [1.165, 1.54) is 18.9 Å². The number of anilines is 2. The molecule has 0 aliphatic rings. The van der Waals surface area contributed by atoms with Gasteiger partial charge in [-0.2, -0.15) is 0 Å². The zero-order chi connectivity index (χ0) is 29.9. The van der Waals surface area contributed by atoms with Gasteiger partial charge < -0.3 is 20.7 Å². The Morgan fingerprint density at radius 1 is 0.833 bits per heavy atom. The Labute approximate surface area is 255 Å². The van der Waals surface area contributed by atoms with Crippen LogP contribution in [-0.2, 0) is 14.3 Å². The molecule has 0 atom stereocenters. The third-order valence-electron chi connectivity index (χ3n) is 5.76. The molecule has 42 heavy (non-hydrogen) atoms. The number of benzene rings is 4. The van der Waals surface area contributed by atoms with E-state index in [1.54, 1.807) is 78.9 Å². The molecule has 0 saturated heterocycles. The average molecular weight is 645 g/mol. The molecule has 8 nitrogen and oxygen atoms in total. The van der Waals surface area contributed by atoms with Crippen molar-refractivity contribution in [3.63, 3.8) is 0 Å². The summed E-state index contributed by atoms with van der Waals surface area (Å²) in [7, 11) is 1.28. The molecule has 0 bridgehead atoms. The first kappa shape index (κ1) is 30.3. The highest BCUT2D eigenvalue weighted by Gasteiger charge is 2.16. The summed E-state index contributed by atoms with van der Waals surface area (Å²) in [5, 5.41) is 8.28. The van der Waals surface area contributed by atoms with Crippen LogP contribution in [0.4, 0.5) is 11.4 Å². The van der Waals surface area contributed by atoms with Crippen LogP contribution in [0.3, 0.4) is 0 Å². The number of halogens is 1. The molecule has 0 aromatic heterocycles. The van der Waals surface area contributed by atoms with Crippen LogP contribution in [0.2, 0.25) is 0 Å². The number of hydrogen-bond donors (Lipinski definition) is 3. The number of methoxy groups -OCH3 is 1. The van der Waals surface area contributed by atoms with Gasteiger partial charge in [-0.1, -0.05) is 64.5 Å². The lowest BCUT2D eigenvalue weighted by atomic mass is 10.1. The van der Waals surface area contributed by atoms with E-state index in [0.717, 1.165) is 9.37 Å². The molecule has 3 N–H and O–H groups in total. The summed E-state index contributed by atoms with van der Waals surface area (Å²) in [6.45, 7) is 0. The first-order valence-corrected chi connectivity index (χ1v) is 14.5. The van der Waals surface area contributed by atoms with Gasteiger partial charge in [-0.3, -0.25) is 14.4 Å². The molecule has 0 spiro atoms. The summed E-state index contributed by atoms with van der Waals surface area (Å²) in [6, 6.07) is 29.5. The Hall–Kier alpha value is -4.67. The number of esters is 1. The largest absolute Gasteiger partial charge is 0.465 e. The van der Waals surface area contributed by atoms with Crippen molar-refractivity contribution in [1.82, 2.24) is 5.32 Å². The minimum atomic E-state index is -0.546. The lowest BCUT2D eigenvalue weighted by molar-refractivity contribution is -0.114. The van der Waals surface area contributed by atoms with Gasteiger partial charge in [0.2, 0.25) is 5.91 Å². The van der Waals surface area contributed by atoms with E-state index in [4.69, 9.17) is 4.74 Å². The predicted octanol–water partition coefficient (Wildman–Crippen LogP) is 6.38. The van der Waals surface area contributed by atoms with Crippen molar-refractivity contribution < 1.29 is 23.9 Å². The zero-order valence-electron chi connectivity index (χ0n) is 22.4. The van der Waals surface area contributed by atoms with E-state index in [-0.39, 0.29) is 22.9 Å². The van der Waals surface area contributed by atoms with Gasteiger partial charge in [0.1, 0.15) is 5.70 Å². The number of para-hydroxylation sites is 1. The quantitative estimate of drug-likeness (QED) is 0.105. The van der Waals surface area contributed by atoms with Gasteiger partial charge in [0.05, 0.1) is 24.1 Å². The summed E-state index contributed by atoms with van der Waals surface area (Å²) >= 11 is 4.69. The van der Waals surface area contributed by atoms with Crippen molar-refractivity contribution in [2.75, 3.05) is 23.5 Å². The van der Waals surface area contributed by atoms with Crippen molar-refractivity contribution in [3.8, 4) is 0 Å². The van der Waals surface area contributed by atoms with E-state index >= 15 is 0 Å². The van der Waals surface area contributed by atoms with Crippen LogP contribution in [0.1, 0.15) is 26.3 Å². The van der Waals surface area contributed by atoms with Crippen LogP contribution >= 0.6 is 27.7 Å². The Morgan fingerprint density at radius 2 is 1.57 bits per heavy atom. The highest BCUT2D eigenvalue weighted by Crippen LogP contribution is 2.23. The summed E-state index contributed by atoms with van der Waals surface area (Å²) in [5.41, 5.74) is 2.29. The lowest BCUT2D eigenvalue weighted by Crippen LogP contribution is -2.30. The molecule has 0 aliphatic carbocycles. The second-order valence-corrected chi connectivity index (χ2v) is 10.8. The minimum Gasteiger partial charge on any atom is -0.465 e. The molecule has 0 unspecified atom stereocenters. The van der Waals surface area contributed by atoms with Gasteiger partial charge in [0.25, 0.3) is 11.8 Å². The maximum atomic E-state index is 13.3.